The number of carboxylic acid groups (broad SMARTS) is 1. The van der Waals surface area contributed by atoms with Gasteiger partial charge in [0.25, 0.3) is 0 Å². The summed E-state index contributed by atoms with van der Waals surface area (Å²) in [4.78, 5) is 11.4. The summed E-state index contributed by atoms with van der Waals surface area (Å²) < 4.78 is 7.38. The predicted molar refractivity (Wildman–Crippen MR) is 76.7 cm³/mol. The van der Waals surface area contributed by atoms with Gasteiger partial charge in [0.2, 0.25) is 0 Å². The van der Waals surface area contributed by atoms with Gasteiger partial charge >= 0.3 is 5.97 Å². The summed E-state index contributed by atoms with van der Waals surface area (Å²) in [5, 5.41) is 23.9. The van der Waals surface area contributed by atoms with Crippen LogP contribution in [-0.4, -0.2) is 38.2 Å². The second-order valence-corrected chi connectivity index (χ2v) is 5.77. The molecule has 0 saturated heterocycles. The normalized spacial score (nSPS) is 21.5. The molecule has 21 heavy (non-hydrogen) atoms. The van der Waals surface area contributed by atoms with Crippen LogP contribution in [0.3, 0.4) is 0 Å². The van der Waals surface area contributed by atoms with Crippen LogP contribution >= 0.6 is 0 Å². The molecule has 3 rings (SSSR count). The minimum Gasteiger partial charge on any atom is -0.490 e. The lowest BCUT2D eigenvalue weighted by molar-refractivity contribution is 0.0437. The molecule has 1 aromatic carbocycles. The highest BCUT2D eigenvalue weighted by atomic mass is 16.5. The van der Waals surface area contributed by atoms with Crippen LogP contribution in [0.2, 0.25) is 0 Å². The summed E-state index contributed by atoms with van der Waals surface area (Å²) >= 11 is 0. The molecule has 1 aliphatic carbocycles. The van der Waals surface area contributed by atoms with Crippen LogP contribution in [0.15, 0.2) is 18.3 Å². The number of ether oxygens (including phenoxy) is 1. The summed E-state index contributed by atoms with van der Waals surface area (Å²) in [6.07, 6.45) is 2.85. The molecule has 6 heteroatoms. The van der Waals surface area contributed by atoms with E-state index < -0.39 is 5.97 Å². The first kappa shape index (κ1) is 13.9. The number of nitrogens with zero attached hydrogens (tertiary/aromatic N) is 2. The Morgan fingerprint density at radius 1 is 1.43 bits per heavy atom. The average Bonchev–Trinajstić information content (AvgIpc) is 2.75. The first-order valence-electron chi connectivity index (χ1n) is 7.05. The Kier molecular flexibility index (Phi) is 3.33. The Balaban J connectivity index is 2.02. The van der Waals surface area contributed by atoms with Crippen LogP contribution in [0.25, 0.3) is 10.9 Å². The number of carboxylic acids is 1. The number of fused-ring (bicyclic) bond motifs is 1. The fourth-order valence-electron chi connectivity index (χ4n) is 2.55. The Morgan fingerprint density at radius 3 is 2.71 bits per heavy atom. The Morgan fingerprint density at radius 2 is 2.14 bits per heavy atom. The second-order valence-electron chi connectivity index (χ2n) is 5.77. The summed E-state index contributed by atoms with van der Waals surface area (Å²) in [5.41, 5.74) is 0.849. The van der Waals surface area contributed by atoms with Gasteiger partial charge in [-0.25, -0.2) is 4.79 Å². The smallest absolute Gasteiger partial charge is 0.339 e. The Labute approximate surface area is 121 Å². The lowest BCUT2D eigenvalue weighted by Crippen LogP contribution is -2.30. The van der Waals surface area contributed by atoms with Gasteiger partial charge in [0.15, 0.2) is 0 Å². The highest BCUT2D eigenvalue weighted by Gasteiger charge is 2.29. The van der Waals surface area contributed by atoms with Crippen molar-refractivity contribution in [2.45, 2.75) is 44.9 Å². The maximum atomic E-state index is 11.4. The van der Waals surface area contributed by atoms with Crippen molar-refractivity contribution in [3.05, 3.63) is 23.9 Å². The number of aromatic nitrogens is 2. The SMILES string of the molecule is CC(C)Oc1cc2nn([C@H]3C[C@H](O)C3)cc2cc1C(=O)O. The molecule has 0 spiro atoms. The molecule has 0 amide bonds. The van der Waals surface area contributed by atoms with Gasteiger partial charge < -0.3 is 14.9 Å². The van der Waals surface area contributed by atoms with Crippen molar-refractivity contribution in [1.29, 1.82) is 0 Å². The van der Waals surface area contributed by atoms with Crippen LogP contribution in [0.1, 0.15) is 43.1 Å². The van der Waals surface area contributed by atoms with Crippen LogP contribution in [0.5, 0.6) is 5.75 Å². The monoisotopic (exact) mass is 290 g/mol. The maximum Gasteiger partial charge on any atom is 0.339 e. The van der Waals surface area contributed by atoms with Gasteiger partial charge in [0, 0.05) is 17.6 Å². The number of aliphatic hydroxyl groups excluding tert-OH is 1. The summed E-state index contributed by atoms with van der Waals surface area (Å²) in [7, 11) is 0. The highest BCUT2D eigenvalue weighted by molar-refractivity contribution is 5.96. The van der Waals surface area contributed by atoms with Gasteiger partial charge in [0.05, 0.1) is 23.8 Å². The molecule has 112 valence electrons. The van der Waals surface area contributed by atoms with Crippen LogP contribution in [-0.2, 0) is 0 Å². The maximum absolute atomic E-state index is 11.4. The number of aromatic carboxylic acids is 1. The number of aliphatic hydroxyl groups is 1. The van der Waals surface area contributed by atoms with Crippen LogP contribution in [0, 0.1) is 0 Å². The van der Waals surface area contributed by atoms with Gasteiger partial charge in [0.1, 0.15) is 11.3 Å². The molecule has 0 atom stereocenters. The Hall–Kier alpha value is -2.08. The van der Waals surface area contributed by atoms with E-state index in [0.717, 1.165) is 5.39 Å². The Bertz CT molecular complexity index is 686. The molecule has 1 saturated carbocycles. The van der Waals surface area contributed by atoms with E-state index in [1.165, 1.54) is 0 Å². The molecular formula is C15H18N2O4. The van der Waals surface area contributed by atoms with Crippen molar-refractivity contribution < 1.29 is 19.7 Å². The van der Waals surface area contributed by atoms with Crippen molar-refractivity contribution >= 4 is 16.9 Å². The average molecular weight is 290 g/mol. The third kappa shape index (κ3) is 2.58. The number of benzene rings is 1. The van der Waals surface area contributed by atoms with E-state index >= 15 is 0 Å². The molecule has 0 aliphatic heterocycles. The highest BCUT2D eigenvalue weighted by Crippen LogP contribution is 2.34. The van der Waals surface area contributed by atoms with E-state index in [0.29, 0.717) is 24.1 Å². The molecule has 1 aliphatic rings. The van der Waals surface area contributed by atoms with E-state index in [4.69, 9.17) is 4.74 Å². The van der Waals surface area contributed by atoms with Gasteiger partial charge in [-0.3, -0.25) is 4.68 Å². The van der Waals surface area contributed by atoms with Crippen molar-refractivity contribution in [2.24, 2.45) is 0 Å². The second kappa shape index (κ2) is 5.04. The molecule has 6 nitrogen and oxygen atoms in total. The van der Waals surface area contributed by atoms with Crippen LogP contribution < -0.4 is 4.74 Å². The quantitative estimate of drug-likeness (QED) is 0.902. The minimum absolute atomic E-state index is 0.107. The first-order valence-corrected chi connectivity index (χ1v) is 7.05. The summed E-state index contributed by atoms with van der Waals surface area (Å²) in [6.45, 7) is 3.70. The van der Waals surface area contributed by atoms with Gasteiger partial charge in [-0.15, -0.1) is 0 Å². The van der Waals surface area contributed by atoms with Gasteiger partial charge in [-0.1, -0.05) is 0 Å². The van der Waals surface area contributed by atoms with Crippen molar-refractivity contribution in [3.63, 3.8) is 0 Å². The minimum atomic E-state index is -1.01. The zero-order chi connectivity index (χ0) is 15.1. The summed E-state index contributed by atoms with van der Waals surface area (Å²) in [6, 6.07) is 3.45. The number of rotatable bonds is 4. The molecule has 2 aromatic rings. The lowest BCUT2D eigenvalue weighted by Gasteiger charge is -2.31. The third-order valence-electron chi connectivity index (χ3n) is 3.68. The molecule has 0 radical (unpaired) electrons. The molecule has 0 bridgehead atoms. The van der Waals surface area contributed by atoms with Gasteiger partial charge in [-0.05, 0) is 32.8 Å². The largest absolute Gasteiger partial charge is 0.490 e. The molecule has 0 unspecified atom stereocenters. The number of hydrogen-bond acceptors (Lipinski definition) is 4. The number of carbonyl (C=O) groups is 1. The molecule has 2 N–H and O–H groups in total. The lowest BCUT2D eigenvalue weighted by atomic mass is 9.90. The molecule has 1 fully saturated rings. The standard InChI is InChI=1S/C15H18N2O4/c1-8(2)21-14-6-13-9(3-12(14)15(19)20)7-17(16-13)10-4-11(18)5-10/h3,6-8,10-11,18H,4-5H2,1-2H3,(H,19,20)/t10-,11-. The fourth-order valence-corrected chi connectivity index (χ4v) is 2.55. The van der Waals surface area contributed by atoms with Crippen molar-refractivity contribution in [2.75, 3.05) is 0 Å². The molecular weight excluding hydrogens is 272 g/mol. The van der Waals surface area contributed by atoms with E-state index in [2.05, 4.69) is 5.10 Å². The zero-order valence-corrected chi connectivity index (χ0v) is 12.0. The number of hydrogen-bond donors (Lipinski definition) is 2. The van der Waals surface area contributed by atoms with E-state index in [1.807, 2.05) is 24.7 Å². The van der Waals surface area contributed by atoms with Crippen LogP contribution in [0.4, 0.5) is 0 Å². The zero-order valence-electron chi connectivity index (χ0n) is 12.0. The van der Waals surface area contributed by atoms with E-state index in [9.17, 15) is 15.0 Å². The van der Waals surface area contributed by atoms with Gasteiger partial charge in [-0.2, -0.15) is 5.10 Å². The van der Waals surface area contributed by atoms with E-state index in [1.54, 1.807) is 12.1 Å². The summed E-state index contributed by atoms with van der Waals surface area (Å²) in [5.74, 6) is -0.678. The predicted octanol–water partition coefficient (Wildman–Crippen LogP) is 2.22. The van der Waals surface area contributed by atoms with Crippen molar-refractivity contribution in [3.8, 4) is 5.75 Å². The first-order chi connectivity index (χ1) is 9.94. The third-order valence-corrected chi connectivity index (χ3v) is 3.68. The topological polar surface area (TPSA) is 84.6 Å². The molecule has 1 heterocycles. The fraction of sp³-hybridized carbons (Fsp3) is 0.467. The van der Waals surface area contributed by atoms with E-state index in [-0.39, 0.29) is 23.8 Å². The molecule has 1 aromatic heterocycles. The van der Waals surface area contributed by atoms with Crippen molar-refractivity contribution in [1.82, 2.24) is 9.78 Å².